The number of hydrogen-bond acceptors (Lipinski definition) is 7. The fraction of sp³-hybridized carbons (Fsp3) is 0.235. The van der Waals surface area contributed by atoms with Gasteiger partial charge in [-0.2, -0.15) is 0 Å². The summed E-state index contributed by atoms with van der Waals surface area (Å²) in [6, 6.07) is 9.50. The molecular weight excluding hydrogens is 392 g/mol. The van der Waals surface area contributed by atoms with Crippen molar-refractivity contribution in [3.05, 3.63) is 52.3 Å². The molecule has 0 spiro atoms. The van der Waals surface area contributed by atoms with Crippen molar-refractivity contribution in [2.24, 2.45) is 0 Å². The zero-order valence-electron chi connectivity index (χ0n) is 13.9. The molecule has 0 radical (unpaired) electrons. The van der Waals surface area contributed by atoms with Gasteiger partial charge in [0.15, 0.2) is 0 Å². The lowest BCUT2D eigenvalue weighted by molar-refractivity contribution is -0.384. The van der Waals surface area contributed by atoms with E-state index in [0.717, 1.165) is 0 Å². The van der Waals surface area contributed by atoms with E-state index >= 15 is 0 Å². The molecule has 2 aromatic rings. The molecule has 1 amide bonds. The topological polar surface area (TPSA) is 114 Å². The molecule has 10 heteroatoms. The van der Waals surface area contributed by atoms with Gasteiger partial charge in [0.25, 0.3) is 5.69 Å². The van der Waals surface area contributed by atoms with Gasteiger partial charge in [0.1, 0.15) is 15.8 Å². The molecule has 1 unspecified atom stereocenters. The summed E-state index contributed by atoms with van der Waals surface area (Å²) in [5.74, 6) is -0.217. The van der Waals surface area contributed by atoms with E-state index in [0.29, 0.717) is 27.8 Å². The predicted molar refractivity (Wildman–Crippen MR) is 102 cm³/mol. The molecule has 1 aromatic carbocycles. The van der Waals surface area contributed by atoms with Crippen molar-refractivity contribution < 1.29 is 24.0 Å². The van der Waals surface area contributed by atoms with E-state index in [9.17, 15) is 19.7 Å². The van der Waals surface area contributed by atoms with E-state index in [4.69, 9.17) is 21.7 Å². The Hall–Kier alpha value is -2.72. The number of non-ortho nitro benzene ring substituents is 1. The van der Waals surface area contributed by atoms with Crippen molar-refractivity contribution in [2.75, 3.05) is 6.54 Å². The maximum atomic E-state index is 12.4. The standard InChI is InChI=1S/C17H14N2O6S2/c20-15(21)6-7-18-16(22)14(27-17(18)26)9-12-4-5-13(25-12)10-2-1-3-11(8-10)19(23)24/h1-5,8,14H,6-7,9H2,(H,20,21). The van der Waals surface area contributed by atoms with Crippen molar-refractivity contribution in [2.45, 2.75) is 18.1 Å². The van der Waals surface area contributed by atoms with Crippen molar-refractivity contribution in [1.29, 1.82) is 0 Å². The Morgan fingerprint density at radius 3 is 2.85 bits per heavy atom. The number of nitrogens with zero attached hydrogens (tertiary/aromatic N) is 2. The zero-order chi connectivity index (χ0) is 19.6. The number of aliphatic carboxylic acids is 1. The molecule has 1 N–H and O–H groups in total. The molecule has 0 saturated carbocycles. The largest absolute Gasteiger partial charge is 0.481 e. The van der Waals surface area contributed by atoms with Gasteiger partial charge in [-0.25, -0.2) is 0 Å². The lowest BCUT2D eigenvalue weighted by atomic mass is 10.1. The van der Waals surface area contributed by atoms with E-state index in [2.05, 4.69) is 0 Å². The second-order valence-electron chi connectivity index (χ2n) is 5.78. The van der Waals surface area contributed by atoms with Gasteiger partial charge in [-0.15, -0.1) is 0 Å². The number of carbonyl (C=O) groups is 2. The number of hydrogen-bond donors (Lipinski definition) is 1. The number of nitro groups is 1. The van der Waals surface area contributed by atoms with Crippen LogP contribution in [-0.2, 0) is 16.0 Å². The van der Waals surface area contributed by atoms with Crippen LogP contribution in [0.15, 0.2) is 40.8 Å². The van der Waals surface area contributed by atoms with Crippen LogP contribution >= 0.6 is 24.0 Å². The highest BCUT2D eigenvalue weighted by Gasteiger charge is 2.37. The number of furan rings is 1. The van der Waals surface area contributed by atoms with Crippen LogP contribution in [0, 0.1) is 10.1 Å². The van der Waals surface area contributed by atoms with E-state index in [1.165, 1.54) is 28.8 Å². The van der Waals surface area contributed by atoms with Gasteiger partial charge >= 0.3 is 5.97 Å². The highest BCUT2D eigenvalue weighted by Crippen LogP contribution is 2.32. The normalized spacial score (nSPS) is 16.7. The fourth-order valence-electron chi connectivity index (χ4n) is 2.64. The van der Waals surface area contributed by atoms with Crippen LogP contribution < -0.4 is 0 Å². The molecule has 1 aromatic heterocycles. The first-order valence-corrected chi connectivity index (χ1v) is 9.21. The molecule has 1 atom stereocenters. The Morgan fingerprint density at radius 1 is 1.37 bits per heavy atom. The third-order valence-electron chi connectivity index (χ3n) is 3.94. The quantitative estimate of drug-likeness (QED) is 0.424. The summed E-state index contributed by atoms with van der Waals surface area (Å²) in [4.78, 5) is 34.9. The van der Waals surface area contributed by atoms with E-state index in [-0.39, 0.29) is 24.6 Å². The first kappa shape index (κ1) is 19.1. The molecule has 0 bridgehead atoms. The first-order valence-electron chi connectivity index (χ1n) is 7.92. The Kier molecular flexibility index (Phi) is 5.57. The number of nitro benzene ring substituents is 1. The number of carboxylic acid groups (broad SMARTS) is 1. The van der Waals surface area contributed by atoms with Crippen LogP contribution in [-0.4, -0.2) is 42.9 Å². The van der Waals surface area contributed by atoms with Crippen LogP contribution in [0.2, 0.25) is 0 Å². The zero-order valence-corrected chi connectivity index (χ0v) is 15.5. The molecule has 8 nitrogen and oxygen atoms in total. The summed E-state index contributed by atoms with van der Waals surface area (Å²) in [6.45, 7) is 0.0492. The van der Waals surface area contributed by atoms with Crippen LogP contribution in [0.1, 0.15) is 12.2 Å². The Bertz CT molecular complexity index is 926. The molecule has 0 aliphatic carbocycles. The molecular formula is C17H14N2O6S2. The van der Waals surface area contributed by atoms with Gasteiger partial charge in [0.2, 0.25) is 5.91 Å². The molecule has 27 heavy (non-hydrogen) atoms. The summed E-state index contributed by atoms with van der Waals surface area (Å²) in [5.41, 5.74) is 0.533. The van der Waals surface area contributed by atoms with E-state index in [1.807, 2.05) is 0 Å². The van der Waals surface area contributed by atoms with E-state index in [1.54, 1.807) is 24.3 Å². The average Bonchev–Trinajstić information content (AvgIpc) is 3.19. The first-order chi connectivity index (χ1) is 12.8. The van der Waals surface area contributed by atoms with Crippen molar-refractivity contribution in [1.82, 2.24) is 4.90 Å². The van der Waals surface area contributed by atoms with Crippen LogP contribution in [0.3, 0.4) is 0 Å². The second kappa shape index (κ2) is 7.89. The Labute approximate surface area is 163 Å². The maximum absolute atomic E-state index is 12.4. The number of rotatable bonds is 7. The average molecular weight is 406 g/mol. The second-order valence-corrected chi connectivity index (χ2v) is 7.62. The molecule has 3 rings (SSSR count). The summed E-state index contributed by atoms with van der Waals surface area (Å²) < 4.78 is 6.10. The Balaban J connectivity index is 1.70. The number of carbonyl (C=O) groups excluding carboxylic acids is 1. The minimum absolute atomic E-state index is 0.0357. The van der Waals surface area contributed by atoms with Gasteiger partial charge in [-0.3, -0.25) is 24.6 Å². The number of benzene rings is 1. The van der Waals surface area contributed by atoms with Crippen molar-refractivity contribution in [3.63, 3.8) is 0 Å². The third-order valence-corrected chi connectivity index (χ3v) is 5.53. The molecule has 1 saturated heterocycles. The molecule has 1 fully saturated rings. The Morgan fingerprint density at radius 2 is 2.15 bits per heavy atom. The lowest BCUT2D eigenvalue weighted by Crippen LogP contribution is -2.33. The van der Waals surface area contributed by atoms with Crippen LogP contribution in [0.4, 0.5) is 5.69 Å². The predicted octanol–water partition coefficient (Wildman–Crippen LogP) is 3.10. The van der Waals surface area contributed by atoms with Crippen molar-refractivity contribution >= 4 is 45.9 Å². The van der Waals surface area contributed by atoms with Gasteiger partial charge in [-0.1, -0.05) is 36.1 Å². The van der Waals surface area contributed by atoms with Crippen LogP contribution in [0.25, 0.3) is 11.3 Å². The van der Waals surface area contributed by atoms with Gasteiger partial charge in [-0.05, 0) is 12.1 Å². The summed E-state index contributed by atoms with van der Waals surface area (Å²) in [7, 11) is 0. The SMILES string of the molecule is O=C(O)CCN1C(=O)C(Cc2ccc(-c3cccc([N+](=O)[O-])c3)o2)SC1=S. The smallest absolute Gasteiger partial charge is 0.305 e. The van der Waals surface area contributed by atoms with Gasteiger partial charge < -0.3 is 9.52 Å². The monoisotopic (exact) mass is 406 g/mol. The molecule has 2 heterocycles. The summed E-state index contributed by atoms with van der Waals surface area (Å²) in [6.07, 6.45) is 0.124. The highest BCUT2D eigenvalue weighted by atomic mass is 32.2. The number of thiocarbonyl (C=S) groups is 1. The summed E-state index contributed by atoms with van der Waals surface area (Å²) in [5, 5.41) is 19.2. The minimum atomic E-state index is -0.994. The summed E-state index contributed by atoms with van der Waals surface area (Å²) >= 11 is 6.37. The minimum Gasteiger partial charge on any atom is -0.481 e. The van der Waals surface area contributed by atoms with E-state index < -0.39 is 16.1 Å². The highest BCUT2D eigenvalue weighted by molar-refractivity contribution is 8.24. The lowest BCUT2D eigenvalue weighted by Gasteiger charge is -2.13. The van der Waals surface area contributed by atoms with Crippen molar-refractivity contribution in [3.8, 4) is 11.3 Å². The molecule has 1 aliphatic heterocycles. The van der Waals surface area contributed by atoms with Crippen LogP contribution in [0.5, 0.6) is 0 Å². The fourth-order valence-corrected chi connectivity index (χ4v) is 4.19. The molecule has 140 valence electrons. The number of amides is 1. The molecule has 1 aliphatic rings. The van der Waals surface area contributed by atoms with Gasteiger partial charge in [0, 0.05) is 30.7 Å². The number of thioether (sulfide) groups is 1. The maximum Gasteiger partial charge on any atom is 0.305 e. The third kappa shape index (κ3) is 4.34. The van der Waals surface area contributed by atoms with Gasteiger partial charge in [0.05, 0.1) is 16.6 Å². The number of carboxylic acids is 1.